The molecule has 2 rings (SSSR count). The Balaban J connectivity index is 1.84. The van der Waals surface area contributed by atoms with Crippen LogP contribution in [-0.2, 0) is 11.3 Å². The van der Waals surface area contributed by atoms with Crippen LogP contribution >= 0.6 is 11.3 Å². The van der Waals surface area contributed by atoms with E-state index in [0.717, 1.165) is 23.5 Å². The molecule has 1 aliphatic rings. The maximum atomic E-state index is 12.1. The van der Waals surface area contributed by atoms with Crippen LogP contribution in [0.25, 0.3) is 0 Å². The van der Waals surface area contributed by atoms with Gasteiger partial charge >= 0.3 is 6.03 Å². The minimum absolute atomic E-state index is 0.0912. The van der Waals surface area contributed by atoms with E-state index in [0.29, 0.717) is 26.1 Å². The number of hydrazine groups is 1. The molecule has 7 heteroatoms. The Morgan fingerprint density at radius 3 is 2.95 bits per heavy atom. The second-order valence-corrected chi connectivity index (χ2v) is 5.91. The van der Waals surface area contributed by atoms with Crippen molar-refractivity contribution in [3.63, 3.8) is 0 Å². The second kappa shape index (κ2) is 6.69. The number of aromatic nitrogens is 1. The normalized spacial score (nSPS) is 15.0. The van der Waals surface area contributed by atoms with Gasteiger partial charge in [-0.2, -0.15) is 0 Å². The molecule has 110 valence electrons. The van der Waals surface area contributed by atoms with Gasteiger partial charge < -0.3 is 4.90 Å². The minimum Gasteiger partial charge on any atom is -0.315 e. The van der Waals surface area contributed by atoms with E-state index in [1.807, 2.05) is 19.2 Å². The Kier molecular flexibility index (Phi) is 4.94. The van der Waals surface area contributed by atoms with Crippen molar-refractivity contribution in [3.05, 3.63) is 16.1 Å². The number of rotatable bonds is 6. The molecule has 0 atom stereocenters. The van der Waals surface area contributed by atoms with Gasteiger partial charge in [-0.25, -0.2) is 14.8 Å². The molecule has 1 aromatic heterocycles. The molecule has 1 fully saturated rings. The molecule has 0 radical (unpaired) electrons. The van der Waals surface area contributed by atoms with Gasteiger partial charge in [0.05, 0.1) is 23.8 Å². The molecule has 0 aliphatic carbocycles. The average molecular weight is 296 g/mol. The first kappa shape index (κ1) is 14.8. The third kappa shape index (κ3) is 3.69. The van der Waals surface area contributed by atoms with Gasteiger partial charge in [0.1, 0.15) is 0 Å². The van der Waals surface area contributed by atoms with Crippen LogP contribution in [0.5, 0.6) is 0 Å². The summed E-state index contributed by atoms with van der Waals surface area (Å²) in [5.74, 6) is -0.0912. The Morgan fingerprint density at radius 1 is 1.50 bits per heavy atom. The molecule has 6 nitrogen and oxygen atoms in total. The standard InChI is InChI=1S/C13H20N4O2S/c1-3-4-5-12(18)15-17-7-6-16(13(17)19)8-11-9-20-10(2)14-11/h9H,3-8H2,1-2H3,(H,15,18). The zero-order valence-electron chi connectivity index (χ0n) is 11.9. The first-order chi connectivity index (χ1) is 9.60. The minimum atomic E-state index is -0.152. The third-order valence-electron chi connectivity index (χ3n) is 3.13. The molecule has 0 unspecified atom stereocenters. The fourth-order valence-electron chi connectivity index (χ4n) is 2.05. The molecule has 1 N–H and O–H groups in total. The van der Waals surface area contributed by atoms with Crippen LogP contribution in [0.15, 0.2) is 5.38 Å². The molecule has 0 bridgehead atoms. The molecule has 1 aromatic rings. The van der Waals surface area contributed by atoms with Crippen LogP contribution in [-0.4, -0.2) is 39.9 Å². The van der Waals surface area contributed by atoms with Gasteiger partial charge in [-0.05, 0) is 13.3 Å². The van der Waals surface area contributed by atoms with Crippen LogP contribution in [0, 0.1) is 6.92 Å². The molecule has 0 saturated carbocycles. The fourth-order valence-corrected chi connectivity index (χ4v) is 2.66. The summed E-state index contributed by atoms with van der Waals surface area (Å²) in [6.45, 7) is 5.62. The van der Waals surface area contributed by atoms with Crippen molar-refractivity contribution in [1.82, 2.24) is 20.3 Å². The molecule has 1 aliphatic heterocycles. The number of carbonyl (C=O) groups excluding carboxylic acids is 2. The maximum absolute atomic E-state index is 12.1. The first-order valence-corrected chi connectivity index (χ1v) is 7.75. The SMILES string of the molecule is CCCCC(=O)NN1CCN(Cc2csc(C)n2)C1=O. The highest BCUT2D eigenvalue weighted by Gasteiger charge is 2.29. The quantitative estimate of drug-likeness (QED) is 0.872. The Bertz CT molecular complexity index is 488. The number of thiazole rings is 1. The molecule has 1 saturated heterocycles. The summed E-state index contributed by atoms with van der Waals surface area (Å²) in [4.78, 5) is 29.8. The zero-order valence-corrected chi connectivity index (χ0v) is 12.7. The van der Waals surface area contributed by atoms with Crippen molar-refractivity contribution in [1.29, 1.82) is 0 Å². The number of hydrogen-bond acceptors (Lipinski definition) is 4. The van der Waals surface area contributed by atoms with Crippen LogP contribution in [0.2, 0.25) is 0 Å². The van der Waals surface area contributed by atoms with Crippen molar-refractivity contribution in [3.8, 4) is 0 Å². The number of aryl methyl sites for hydroxylation is 1. The van der Waals surface area contributed by atoms with Crippen molar-refractivity contribution in [2.75, 3.05) is 13.1 Å². The lowest BCUT2D eigenvalue weighted by Crippen LogP contribution is -2.44. The topological polar surface area (TPSA) is 65.5 Å². The highest BCUT2D eigenvalue weighted by atomic mass is 32.1. The van der Waals surface area contributed by atoms with E-state index in [2.05, 4.69) is 10.4 Å². The van der Waals surface area contributed by atoms with Gasteiger partial charge in [-0.15, -0.1) is 11.3 Å². The Morgan fingerprint density at radius 2 is 2.30 bits per heavy atom. The summed E-state index contributed by atoms with van der Waals surface area (Å²) in [5.41, 5.74) is 3.57. The lowest BCUT2D eigenvalue weighted by Gasteiger charge is -2.18. The highest BCUT2D eigenvalue weighted by molar-refractivity contribution is 7.09. The third-order valence-corrected chi connectivity index (χ3v) is 3.95. The summed E-state index contributed by atoms with van der Waals surface area (Å²) in [6.07, 6.45) is 2.28. The molecule has 2 heterocycles. The predicted molar refractivity (Wildman–Crippen MR) is 77.0 cm³/mol. The average Bonchev–Trinajstić information content (AvgIpc) is 2.97. The number of unbranched alkanes of at least 4 members (excludes halogenated alkanes) is 1. The van der Waals surface area contributed by atoms with Crippen LogP contribution < -0.4 is 5.43 Å². The van der Waals surface area contributed by atoms with Gasteiger partial charge in [-0.1, -0.05) is 13.3 Å². The van der Waals surface area contributed by atoms with E-state index in [4.69, 9.17) is 0 Å². The Labute approximate surface area is 122 Å². The molecular weight excluding hydrogens is 276 g/mol. The van der Waals surface area contributed by atoms with Crippen molar-refractivity contribution < 1.29 is 9.59 Å². The van der Waals surface area contributed by atoms with Gasteiger partial charge in [0.25, 0.3) is 0 Å². The van der Waals surface area contributed by atoms with Gasteiger partial charge in [0.2, 0.25) is 5.91 Å². The molecule has 3 amide bonds. The summed E-state index contributed by atoms with van der Waals surface area (Å²) >= 11 is 1.58. The van der Waals surface area contributed by atoms with Crippen LogP contribution in [0.1, 0.15) is 36.9 Å². The fraction of sp³-hybridized carbons (Fsp3) is 0.615. The number of nitrogens with zero attached hydrogens (tertiary/aromatic N) is 3. The van der Waals surface area contributed by atoms with E-state index in [9.17, 15) is 9.59 Å². The smallest absolute Gasteiger partial charge is 0.315 e. The summed E-state index contributed by atoms with van der Waals surface area (Å²) < 4.78 is 0. The van der Waals surface area contributed by atoms with Gasteiger partial charge in [-0.3, -0.25) is 10.2 Å². The predicted octanol–water partition coefficient (Wildman–Crippen LogP) is 1.91. The largest absolute Gasteiger partial charge is 0.339 e. The van der Waals surface area contributed by atoms with Crippen LogP contribution in [0.3, 0.4) is 0 Å². The van der Waals surface area contributed by atoms with E-state index in [-0.39, 0.29) is 11.9 Å². The van der Waals surface area contributed by atoms with E-state index in [1.54, 1.807) is 16.2 Å². The molecular formula is C13H20N4O2S. The van der Waals surface area contributed by atoms with Gasteiger partial charge in [0.15, 0.2) is 0 Å². The summed E-state index contributed by atoms with van der Waals surface area (Å²) in [6, 6.07) is -0.152. The molecule has 0 spiro atoms. The zero-order chi connectivity index (χ0) is 14.5. The van der Waals surface area contributed by atoms with Crippen molar-refractivity contribution in [2.45, 2.75) is 39.7 Å². The van der Waals surface area contributed by atoms with Crippen molar-refractivity contribution >= 4 is 23.3 Å². The first-order valence-electron chi connectivity index (χ1n) is 6.87. The lowest BCUT2D eigenvalue weighted by molar-refractivity contribution is -0.124. The summed E-state index contributed by atoms with van der Waals surface area (Å²) in [7, 11) is 0. The number of carbonyl (C=O) groups is 2. The lowest BCUT2D eigenvalue weighted by atomic mass is 10.2. The van der Waals surface area contributed by atoms with E-state index >= 15 is 0 Å². The second-order valence-electron chi connectivity index (χ2n) is 4.85. The number of nitrogens with one attached hydrogen (secondary N) is 1. The maximum Gasteiger partial charge on any atom is 0.339 e. The van der Waals surface area contributed by atoms with Crippen molar-refractivity contribution in [2.24, 2.45) is 0 Å². The summed E-state index contributed by atoms with van der Waals surface area (Å²) in [5, 5.41) is 4.36. The number of urea groups is 1. The number of amides is 3. The molecule has 0 aromatic carbocycles. The van der Waals surface area contributed by atoms with Gasteiger partial charge in [0, 0.05) is 18.3 Å². The number of hydrogen-bond donors (Lipinski definition) is 1. The Hall–Kier alpha value is -1.63. The monoisotopic (exact) mass is 296 g/mol. The molecule has 20 heavy (non-hydrogen) atoms. The van der Waals surface area contributed by atoms with Crippen LogP contribution in [0.4, 0.5) is 4.79 Å². The van der Waals surface area contributed by atoms with E-state index in [1.165, 1.54) is 5.01 Å². The van der Waals surface area contributed by atoms with E-state index < -0.39 is 0 Å². The highest BCUT2D eigenvalue weighted by Crippen LogP contribution is 2.14.